The summed E-state index contributed by atoms with van der Waals surface area (Å²) in [6.45, 7) is 0. The summed E-state index contributed by atoms with van der Waals surface area (Å²) in [4.78, 5) is 1.01. The van der Waals surface area contributed by atoms with Gasteiger partial charge in [-0.1, -0.05) is 12.1 Å². The van der Waals surface area contributed by atoms with Crippen molar-refractivity contribution in [3.8, 4) is 0 Å². The molecule has 112 valence electrons. The van der Waals surface area contributed by atoms with E-state index in [-0.39, 0.29) is 6.29 Å². The summed E-state index contributed by atoms with van der Waals surface area (Å²) in [5.41, 5.74) is 1.54. The first kappa shape index (κ1) is 15.9. The van der Waals surface area contributed by atoms with Crippen LogP contribution in [0.25, 0.3) is 0 Å². The Morgan fingerprint density at radius 3 is 2.05 bits per heavy atom. The number of hydrogen-bond acceptors (Lipinski definition) is 3. The normalized spacial score (nSPS) is 11.1. The van der Waals surface area contributed by atoms with E-state index in [0.29, 0.717) is 11.3 Å². The predicted molar refractivity (Wildman–Crippen MR) is 79.1 cm³/mol. The van der Waals surface area contributed by atoms with Crippen LogP contribution in [0.2, 0.25) is 0 Å². The highest BCUT2D eigenvalue weighted by Crippen LogP contribution is 2.26. The molecule has 0 aliphatic heterocycles. The fraction of sp³-hybridized carbons (Fsp3) is 0.250. The molecular formula is C16H16F2O2S. The van der Waals surface area contributed by atoms with E-state index in [1.54, 1.807) is 14.2 Å². The molecule has 2 nitrogen and oxygen atoms in total. The number of thioether (sulfide) groups is 1. The minimum atomic E-state index is -0.552. The van der Waals surface area contributed by atoms with Gasteiger partial charge < -0.3 is 9.47 Å². The quantitative estimate of drug-likeness (QED) is 0.576. The van der Waals surface area contributed by atoms with Crippen LogP contribution in [0.3, 0.4) is 0 Å². The highest BCUT2D eigenvalue weighted by molar-refractivity contribution is 7.98. The van der Waals surface area contributed by atoms with Crippen LogP contribution in [-0.2, 0) is 15.2 Å². The lowest BCUT2D eigenvalue weighted by Gasteiger charge is -2.13. The molecule has 0 atom stereocenters. The van der Waals surface area contributed by atoms with E-state index in [1.165, 1.54) is 23.9 Å². The van der Waals surface area contributed by atoms with Gasteiger partial charge in [0.05, 0.1) is 0 Å². The number of ether oxygens (including phenoxy) is 2. The summed E-state index contributed by atoms with van der Waals surface area (Å²) >= 11 is 1.51. The second-order valence-electron chi connectivity index (χ2n) is 4.44. The molecular weight excluding hydrogens is 294 g/mol. The molecule has 0 aromatic heterocycles. The van der Waals surface area contributed by atoms with Crippen LogP contribution in [0.1, 0.15) is 17.4 Å². The first-order valence-corrected chi connectivity index (χ1v) is 7.34. The van der Waals surface area contributed by atoms with Crippen molar-refractivity contribution >= 4 is 11.8 Å². The first-order valence-electron chi connectivity index (χ1n) is 6.35. The minimum Gasteiger partial charge on any atom is -0.352 e. The van der Waals surface area contributed by atoms with E-state index in [0.717, 1.165) is 16.5 Å². The molecule has 0 amide bonds. The molecule has 2 rings (SSSR count). The van der Waals surface area contributed by atoms with Crippen LogP contribution in [0.15, 0.2) is 47.4 Å². The van der Waals surface area contributed by atoms with Gasteiger partial charge in [-0.05, 0) is 29.8 Å². The minimum absolute atomic E-state index is 0.388. The van der Waals surface area contributed by atoms with E-state index >= 15 is 0 Å². The lowest BCUT2D eigenvalue weighted by molar-refractivity contribution is -0.106. The van der Waals surface area contributed by atoms with Gasteiger partial charge in [0.1, 0.15) is 11.6 Å². The van der Waals surface area contributed by atoms with Crippen LogP contribution in [-0.4, -0.2) is 14.2 Å². The zero-order valence-corrected chi connectivity index (χ0v) is 12.6. The average molecular weight is 310 g/mol. The van der Waals surface area contributed by atoms with Crippen molar-refractivity contribution in [2.45, 2.75) is 16.9 Å². The molecule has 0 radical (unpaired) electrons. The fourth-order valence-electron chi connectivity index (χ4n) is 1.95. The van der Waals surface area contributed by atoms with Gasteiger partial charge in [0.15, 0.2) is 6.29 Å². The van der Waals surface area contributed by atoms with Crippen LogP contribution in [0.4, 0.5) is 8.78 Å². The van der Waals surface area contributed by atoms with Gasteiger partial charge in [-0.25, -0.2) is 8.78 Å². The van der Waals surface area contributed by atoms with Crippen molar-refractivity contribution in [1.29, 1.82) is 0 Å². The smallest absolute Gasteiger partial charge is 0.183 e. The van der Waals surface area contributed by atoms with Crippen molar-refractivity contribution < 1.29 is 18.3 Å². The van der Waals surface area contributed by atoms with E-state index in [2.05, 4.69) is 0 Å². The largest absolute Gasteiger partial charge is 0.352 e. The van der Waals surface area contributed by atoms with E-state index in [1.807, 2.05) is 24.3 Å². The molecule has 21 heavy (non-hydrogen) atoms. The predicted octanol–water partition coefficient (Wildman–Crippen LogP) is 4.55. The Balaban J connectivity index is 2.00. The van der Waals surface area contributed by atoms with Gasteiger partial charge in [-0.2, -0.15) is 0 Å². The monoisotopic (exact) mass is 310 g/mol. The molecule has 0 heterocycles. The Bertz CT molecular complexity index is 563. The van der Waals surface area contributed by atoms with Crippen LogP contribution in [0, 0.1) is 11.6 Å². The van der Waals surface area contributed by atoms with Crippen LogP contribution in [0.5, 0.6) is 0 Å². The zero-order valence-electron chi connectivity index (χ0n) is 11.8. The zero-order chi connectivity index (χ0) is 15.2. The van der Waals surface area contributed by atoms with Gasteiger partial charge in [0, 0.05) is 36.5 Å². The molecule has 0 aliphatic rings. The third kappa shape index (κ3) is 4.52. The molecule has 5 heteroatoms. The summed E-state index contributed by atoms with van der Waals surface area (Å²) < 4.78 is 36.5. The van der Waals surface area contributed by atoms with Gasteiger partial charge in [0.25, 0.3) is 0 Å². The highest BCUT2D eigenvalue weighted by atomic mass is 32.2. The maximum Gasteiger partial charge on any atom is 0.183 e. The van der Waals surface area contributed by atoms with E-state index in [4.69, 9.17) is 9.47 Å². The van der Waals surface area contributed by atoms with Gasteiger partial charge in [0.2, 0.25) is 0 Å². The molecule has 0 fully saturated rings. The number of halogens is 2. The molecule has 0 saturated heterocycles. The number of methoxy groups -OCH3 is 2. The first-order chi connectivity index (χ1) is 10.1. The standard InChI is InChI=1S/C16H16F2O2S/c1-19-16(20-2)12-3-5-15(6-4-12)21-10-11-7-13(17)9-14(18)8-11/h3-9,16H,10H2,1-2H3. The summed E-state index contributed by atoms with van der Waals surface area (Å²) in [6.07, 6.45) is -0.388. The number of hydrogen-bond donors (Lipinski definition) is 0. The molecule has 0 spiro atoms. The van der Waals surface area contributed by atoms with E-state index in [9.17, 15) is 8.78 Å². The average Bonchev–Trinajstić information content (AvgIpc) is 2.47. The van der Waals surface area contributed by atoms with E-state index < -0.39 is 11.6 Å². The number of rotatable bonds is 6. The van der Waals surface area contributed by atoms with Crippen molar-refractivity contribution in [2.24, 2.45) is 0 Å². The summed E-state index contributed by atoms with van der Waals surface area (Å²) in [5.74, 6) is -0.598. The molecule has 0 aliphatic carbocycles. The Morgan fingerprint density at radius 2 is 1.52 bits per heavy atom. The van der Waals surface area contributed by atoms with Gasteiger partial charge >= 0.3 is 0 Å². The maximum absolute atomic E-state index is 13.1. The lowest BCUT2D eigenvalue weighted by Crippen LogP contribution is -2.02. The fourth-order valence-corrected chi connectivity index (χ4v) is 2.78. The van der Waals surface area contributed by atoms with Crippen molar-refractivity contribution in [3.63, 3.8) is 0 Å². The van der Waals surface area contributed by atoms with Gasteiger partial charge in [-0.3, -0.25) is 0 Å². The Kier molecular flexibility index (Phi) is 5.73. The molecule has 2 aromatic rings. The van der Waals surface area contributed by atoms with Crippen LogP contribution < -0.4 is 0 Å². The summed E-state index contributed by atoms with van der Waals surface area (Å²) in [7, 11) is 3.16. The second kappa shape index (κ2) is 7.54. The Morgan fingerprint density at radius 1 is 0.952 bits per heavy atom. The summed E-state index contributed by atoms with van der Waals surface area (Å²) in [6, 6.07) is 11.2. The maximum atomic E-state index is 13.1. The molecule has 2 aromatic carbocycles. The molecule has 0 saturated carbocycles. The molecule has 0 unspecified atom stereocenters. The van der Waals surface area contributed by atoms with Crippen LogP contribution >= 0.6 is 11.8 Å². The topological polar surface area (TPSA) is 18.5 Å². The van der Waals surface area contributed by atoms with Crippen molar-refractivity contribution in [2.75, 3.05) is 14.2 Å². The van der Waals surface area contributed by atoms with Crippen molar-refractivity contribution in [3.05, 3.63) is 65.2 Å². The molecule has 0 bridgehead atoms. The number of benzene rings is 2. The SMILES string of the molecule is COC(OC)c1ccc(SCc2cc(F)cc(F)c2)cc1. The molecule has 0 N–H and O–H groups in total. The second-order valence-corrected chi connectivity index (χ2v) is 5.49. The van der Waals surface area contributed by atoms with Gasteiger partial charge in [-0.15, -0.1) is 11.8 Å². The Labute approximate surface area is 127 Å². The van der Waals surface area contributed by atoms with Crippen molar-refractivity contribution in [1.82, 2.24) is 0 Å². The lowest BCUT2D eigenvalue weighted by atomic mass is 10.2. The third-order valence-electron chi connectivity index (χ3n) is 2.91. The third-order valence-corrected chi connectivity index (χ3v) is 3.99. The summed E-state index contributed by atoms with van der Waals surface area (Å²) in [5, 5.41) is 0. The Hall–Kier alpha value is -1.43. The highest BCUT2D eigenvalue weighted by Gasteiger charge is 2.08.